The Morgan fingerprint density at radius 1 is 1.33 bits per heavy atom. The number of hydrogen-bond donors (Lipinski definition) is 0. The largest absolute Gasteiger partial charge is 0.466 e. The van der Waals surface area contributed by atoms with Crippen LogP contribution in [0.25, 0.3) is 0 Å². The predicted molar refractivity (Wildman–Crippen MR) is 106 cm³/mol. The minimum Gasteiger partial charge on any atom is -0.466 e. The molecule has 1 aliphatic rings. The SMILES string of the molecule is C.CCCCOC(=O)CCn1ccnc1CCC(=O)N1CC[C@H](N(C)C)C1. The Labute approximate surface area is 163 Å². The summed E-state index contributed by atoms with van der Waals surface area (Å²) in [7, 11) is 4.12. The Kier molecular flexibility index (Phi) is 10.1. The van der Waals surface area contributed by atoms with Crippen LogP contribution in [0.3, 0.4) is 0 Å². The van der Waals surface area contributed by atoms with Crippen molar-refractivity contribution in [1.82, 2.24) is 19.4 Å². The van der Waals surface area contributed by atoms with Crippen LogP contribution >= 0.6 is 0 Å². The number of amides is 1. The lowest BCUT2D eigenvalue weighted by molar-refractivity contribution is -0.144. The lowest BCUT2D eigenvalue weighted by atomic mass is 10.2. The summed E-state index contributed by atoms with van der Waals surface area (Å²) in [6.45, 7) is 4.74. The van der Waals surface area contributed by atoms with Crippen LogP contribution in [-0.4, -0.2) is 71.1 Å². The zero-order valence-electron chi connectivity index (χ0n) is 16.3. The number of aromatic nitrogens is 2. The second kappa shape index (κ2) is 11.7. The molecule has 27 heavy (non-hydrogen) atoms. The van der Waals surface area contributed by atoms with Crippen LogP contribution in [0.4, 0.5) is 0 Å². The molecule has 154 valence electrons. The third kappa shape index (κ3) is 7.33. The molecule has 0 unspecified atom stereocenters. The Hall–Kier alpha value is -1.89. The van der Waals surface area contributed by atoms with E-state index < -0.39 is 0 Å². The highest BCUT2D eigenvalue weighted by atomic mass is 16.5. The topological polar surface area (TPSA) is 67.7 Å². The number of likely N-dealkylation sites (tertiary alicyclic amines) is 1. The molecule has 1 fully saturated rings. The van der Waals surface area contributed by atoms with Gasteiger partial charge in [-0.25, -0.2) is 4.98 Å². The van der Waals surface area contributed by atoms with Gasteiger partial charge in [-0.05, 0) is 26.9 Å². The molecule has 1 amide bonds. The summed E-state index contributed by atoms with van der Waals surface area (Å²) in [5.74, 6) is 0.854. The van der Waals surface area contributed by atoms with E-state index in [2.05, 4.69) is 30.9 Å². The summed E-state index contributed by atoms with van der Waals surface area (Å²) in [5, 5.41) is 0. The molecule has 7 heteroatoms. The van der Waals surface area contributed by atoms with E-state index in [0.29, 0.717) is 38.5 Å². The minimum absolute atomic E-state index is 0. The van der Waals surface area contributed by atoms with Crippen molar-refractivity contribution in [2.45, 2.75) is 65.5 Å². The molecule has 0 aromatic carbocycles. The van der Waals surface area contributed by atoms with Gasteiger partial charge in [0.2, 0.25) is 5.91 Å². The van der Waals surface area contributed by atoms with Gasteiger partial charge in [0.25, 0.3) is 0 Å². The summed E-state index contributed by atoms with van der Waals surface area (Å²) in [5.41, 5.74) is 0. The van der Waals surface area contributed by atoms with E-state index in [0.717, 1.165) is 38.2 Å². The molecule has 0 radical (unpaired) electrons. The standard InChI is InChI=1S/C19H32N4O3.CH4/c1-4-5-14-26-19(25)9-12-22-13-10-20-17(22)6-7-18(24)23-11-8-16(15-23)21(2)3;/h10,13,16H,4-9,11-12,14-15H2,1-3H3;1H4/t16-;/m0./s1. The number of carbonyl (C=O) groups excluding carboxylic acids is 2. The second-order valence-electron chi connectivity index (χ2n) is 7.11. The van der Waals surface area contributed by atoms with Crippen molar-refractivity contribution in [3.05, 3.63) is 18.2 Å². The van der Waals surface area contributed by atoms with Crippen LogP contribution in [0.1, 0.15) is 52.3 Å². The fourth-order valence-electron chi connectivity index (χ4n) is 3.15. The molecule has 1 aliphatic heterocycles. The molecule has 2 rings (SSSR count). The van der Waals surface area contributed by atoms with E-state index >= 15 is 0 Å². The Morgan fingerprint density at radius 3 is 2.78 bits per heavy atom. The van der Waals surface area contributed by atoms with Gasteiger partial charge in [0, 0.05) is 50.9 Å². The molecule has 1 aromatic rings. The monoisotopic (exact) mass is 380 g/mol. The number of unbranched alkanes of at least 4 members (excludes halogenated alkanes) is 1. The number of carbonyl (C=O) groups is 2. The number of imidazole rings is 1. The number of aryl methyl sites for hydroxylation is 2. The molecule has 0 spiro atoms. The third-order valence-corrected chi connectivity index (χ3v) is 4.93. The molecule has 0 bridgehead atoms. The number of ether oxygens (including phenoxy) is 1. The van der Waals surface area contributed by atoms with E-state index in [1.807, 2.05) is 15.7 Å². The maximum atomic E-state index is 12.4. The Bertz CT molecular complexity index is 586. The van der Waals surface area contributed by atoms with Crippen molar-refractivity contribution in [1.29, 1.82) is 0 Å². The Morgan fingerprint density at radius 2 is 2.11 bits per heavy atom. The van der Waals surface area contributed by atoms with Gasteiger partial charge in [0.1, 0.15) is 5.82 Å². The summed E-state index contributed by atoms with van der Waals surface area (Å²) >= 11 is 0. The van der Waals surface area contributed by atoms with Gasteiger partial charge >= 0.3 is 5.97 Å². The van der Waals surface area contributed by atoms with Crippen molar-refractivity contribution in [2.75, 3.05) is 33.8 Å². The van der Waals surface area contributed by atoms with Crippen LogP contribution in [0, 0.1) is 0 Å². The van der Waals surface area contributed by atoms with Crippen molar-refractivity contribution in [2.24, 2.45) is 0 Å². The highest BCUT2D eigenvalue weighted by Gasteiger charge is 2.27. The van der Waals surface area contributed by atoms with Crippen molar-refractivity contribution < 1.29 is 14.3 Å². The van der Waals surface area contributed by atoms with Gasteiger partial charge in [0.15, 0.2) is 0 Å². The number of esters is 1. The average molecular weight is 381 g/mol. The lowest BCUT2D eigenvalue weighted by Gasteiger charge is -2.20. The van der Waals surface area contributed by atoms with Crippen LogP contribution in [0.2, 0.25) is 0 Å². The third-order valence-electron chi connectivity index (χ3n) is 4.93. The summed E-state index contributed by atoms with van der Waals surface area (Å²) in [6.07, 6.45) is 7.91. The smallest absolute Gasteiger partial charge is 0.307 e. The molecular formula is C20H36N4O3. The number of hydrogen-bond acceptors (Lipinski definition) is 5. The molecule has 1 saturated heterocycles. The first-order valence-electron chi connectivity index (χ1n) is 9.61. The van der Waals surface area contributed by atoms with E-state index in [1.54, 1.807) is 6.20 Å². The minimum atomic E-state index is -0.180. The molecule has 1 atom stereocenters. The first kappa shape index (κ1) is 23.1. The van der Waals surface area contributed by atoms with E-state index in [9.17, 15) is 9.59 Å². The van der Waals surface area contributed by atoms with Gasteiger partial charge in [-0.2, -0.15) is 0 Å². The normalized spacial score (nSPS) is 16.4. The lowest BCUT2D eigenvalue weighted by Crippen LogP contribution is -2.34. The van der Waals surface area contributed by atoms with Crippen molar-refractivity contribution in [3.8, 4) is 0 Å². The molecule has 7 nitrogen and oxygen atoms in total. The van der Waals surface area contributed by atoms with E-state index in [-0.39, 0.29) is 19.3 Å². The molecule has 0 N–H and O–H groups in total. The van der Waals surface area contributed by atoms with E-state index in [4.69, 9.17) is 4.74 Å². The van der Waals surface area contributed by atoms with Gasteiger partial charge in [-0.1, -0.05) is 20.8 Å². The summed E-state index contributed by atoms with van der Waals surface area (Å²) in [4.78, 5) is 32.6. The van der Waals surface area contributed by atoms with E-state index in [1.165, 1.54) is 0 Å². The molecular weight excluding hydrogens is 344 g/mol. The number of likely N-dealkylation sites (N-methyl/N-ethyl adjacent to an activating group) is 1. The fourth-order valence-corrected chi connectivity index (χ4v) is 3.15. The highest BCUT2D eigenvalue weighted by Crippen LogP contribution is 2.15. The van der Waals surface area contributed by atoms with Crippen molar-refractivity contribution in [3.63, 3.8) is 0 Å². The molecule has 0 saturated carbocycles. The van der Waals surface area contributed by atoms with Gasteiger partial charge < -0.3 is 19.1 Å². The van der Waals surface area contributed by atoms with Gasteiger partial charge in [0.05, 0.1) is 13.0 Å². The molecule has 1 aromatic heterocycles. The summed E-state index contributed by atoms with van der Waals surface area (Å²) < 4.78 is 7.12. The Balaban J connectivity index is 0.00000364. The first-order valence-corrected chi connectivity index (χ1v) is 9.61. The van der Waals surface area contributed by atoms with Crippen LogP contribution in [0.15, 0.2) is 12.4 Å². The number of rotatable bonds is 10. The first-order chi connectivity index (χ1) is 12.5. The molecule has 0 aliphatic carbocycles. The second-order valence-corrected chi connectivity index (χ2v) is 7.11. The zero-order valence-corrected chi connectivity index (χ0v) is 16.3. The van der Waals surface area contributed by atoms with Gasteiger partial charge in [-0.3, -0.25) is 9.59 Å². The van der Waals surface area contributed by atoms with Crippen LogP contribution in [-0.2, 0) is 27.3 Å². The van der Waals surface area contributed by atoms with Crippen LogP contribution in [0.5, 0.6) is 0 Å². The maximum absolute atomic E-state index is 12.4. The quantitative estimate of drug-likeness (QED) is 0.460. The van der Waals surface area contributed by atoms with Crippen molar-refractivity contribution >= 4 is 11.9 Å². The molecule has 2 heterocycles. The summed E-state index contributed by atoms with van der Waals surface area (Å²) in [6, 6.07) is 0.458. The van der Waals surface area contributed by atoms with Gasteiger partial charge in [-0.15, -0.1) is 0 Å². The highest BCUT2D eigenvalue weighted by molar-refractivity contribution is 5.76. The van der Waals surface area contributed by atoms with Crippen LogP contribution < -0.4 is 0 Å². The fraction of sp³-hybridized carbons (Fsp3) is 0.750. The predicted octanol–water partition coefficient (Wildman–Crippen LogP) is 2.35. The average Bonchev–Trinajstić information content (AvgIpc) is 3.27. The zero-order chi connectivity index (χ0) is 18.9. The maximum Gasteiger partial charge on any atom is 0.307 e. The number of nitrogens with zero attached hydrogens (tertiary/aromatic N) is 4.